The van der Waals surface area contributed by atoms with Crippen molar-refractivity contribution in [2.75, 3.05) is 0 Å². The molecule has 1 N–H and O–H groups in total. The summed E-state index contributed by atoms with van der Waals surface area (Å²) in [6, 6.07) is 0. The van der Waals surface area contributed by atoms with Crippen LogP contribution >= 0.6 is 0 Å². The van der Waals surface area contributed by atoms with Crippen molar-refractivity contribution in [1.29, 1.82) is 0 Å². The fraction of sp³-hybridized carbons (Fsp3) is 0. The van der Waals surface area contributed by atoms with Crippen LogP contribution in [0.4, 0.5) is 0 Å². The van der Waals surface area contributed by atoms with Crippen molar-refractivity contribution in [2.45, 2.75) is 0 Å². The lowest BCUT2D eigenvalue weighted by molar-refractivity contribution is -0.623. The Morgan fingerprint density at radius 1 is 1.67 bits per heavy atom. The van der Waals surface area contributed by atoms with E-state index >= 15 is 0 Å². The topological polar surface area (TPSA) is 60.3 Å². The maximum atomic E-state index is 7.24. The van der Waals surface area contributed by atoms with Crippen LogP contribution in [0.15, 0.2) is 4.53 Å². The molecule has 0 saturated heterocycles. The summed E-state index contributed by atoms with van der Waals surface area (Å²) in [5.74, 6) is 0. The lowest BCUT2D eigenvalue weighted by Gasteiger charge is -1.81. The van der Waals surface area contributed by atoms with Gasteiger partial charge in [0.05, 0.1) is 12.4 Å². The summed E-state index contributed by atoms with van der Waals surface area (Å²) >= 11 is 3.80. The normalized spacial score (nSPS) is 7.50. The first-order valence-corrected chi connectivity index (χ1v) is 1.25. The van der Waals surface area contributed by atoms with E-state index in [1.807, 2.05) is 0 Å². The quantitative estimate of drug-likeness (QED) is 0.315. The van der Waals surface area contributed by atoms with E-state index in [-0.39, 0.29) is 0 Å². The molecule has 6 heavy (non-hydrogen) atoms. The highest BCUT2D eigenvalue weighted by Crippen LogP contribution is 1.72. The zero-order valence-electron chi connectivity index (χ0n) is 2.53. The molecule has 0 aliphatic heterocycles. The van der Waals surface area contributed by atoms with Gasteiger partial charge >= 0.3 is 0 Å². The first-order valence-electron chi connectivity index (χ1n) is 0.881. The van der Waals surface area contributed by atoms with E-state index in [0.29, 0.717) is 0 Å². The highest BCUT2D eigenvalue weighted by molar-refractivity contribution is 7.47. The van der Waals surface area contributed by atoms with E-state index in [1.54, 1.807) is 0 Å². The van der Waals surface area contributed by atoms with Crippen molar-refractivity contribution in [1.82, 2.24) is 0 Å². The van der Waals surface area contributed by atoms with E-state index in [1.165, 1.54) is 0 Å². The minimum Gasteiger partial charge on any atom is -0.218 e. The van der Waals surface area contributed by atoms with E-state index in [4.69, 9.17) is 5.26 Å². The molecule has 0 bridgehead atoms. The van der Waals surface area contributed by atoms with Crippen LogP contribution in [-0.2, 0) is 27.5 Å². The third-order valence-corrected chi connectivity index (χ3v) is 0.152. The van der Waals surface area contributed by atoms with Crippen LogP contribution in [0, 0.1) is 0 Å². The molecule has 0 aliphatic carbocycles. The third-order valence-electron chi connectivity index (χ3n) is 0.0913. The number of rotatable bonds is 3. The molecule has 0 heterocycles. The summed E-state index contributed by atoms with van der Waals surface area (Å²) in [5.41, 5.74) is 0. The molecule has 0 amide bonds. The molecule has 0 fully saturated rings. The Morgan fingerprint density at radius 2 is 2.33 bits per heavy atom. The van der Waals surface area contributed by atoms with Gasteiger partial charge in [0.15, 0.2) is 0 Å². The van der Waals surface area contributed by atoms with Crippen molar-refractivity contribution in [3.8, 4) is 0 Å². The highest BCUT2D eigenvalue weighted by atomic mass is 32.1. The second-order valence-corrected chi connectivity index (χ2v) is 0.441. The number of hydrogen-bond acceptors (Lipinski definition) is 6. The number of nitrogens with zero attached hydrogens (tertiary/aromatic N) is 1. The molecule has 6 heteroatoms. The van der Waals surface area contributed by atoms with E-state index in [9.17, 15) is 0 Å². The predicted octanol–water partition coefficient (Wildman–Crippen LogP) is -0.0153. The third kappa shape index (κ3) is 3.70. The van der Waals surface area contributed by atoms with Gasteiger partial charge in [-0.15, -0.1) is 0 Å². The SMILES string of the molecule is OOOON=S. The van der Waals surface area contributed by atoms with Crippen molar-refractivity contribution >= 4 is 12.4 Å². The molecule has 0 aromatic carbocycles. The van der Waals surface area contributed by atoms with Crippen LogP contribution in [0.5, 0.6) is 0 Å². The van der Waals surface area contributed by atoms with Crippen LogP contribution in [0.1, 0.15) is 0 Å². The zero-order chi connectivity index (χ0) is 4.83. The van der Waals surface area contributed by atoms with Gasteiger partial charge in [0.2, 0.25) is 0 Å². The van der Waals surface area contributed by atoms with Crippen molar-refractivity contribution in [2.24, 2.45) is 4.53 Å². The van der Waals surface area contributed by atoms with Crippen LogP contribution in [0.2, 0.25) is 0 Å². The minimum absolute atomic E-state index is 2.50. The average Bonchev–Trinajstić information content (AvgIpc) is 1.61. The van der Waals surface area contributed by atoms with Gasteiger partial charge in [0, 0.05) is 9.56 Å². The molecular weight excluding hydrogens is 110 g/mol. The maximum Gasteiger partial charge on any atom is 0.0877 e. The Morgan fingerprint density at radius 3 is 2.50 bits per heavy atom. The van der Waals surface area contributed by atoms with Gasteiger partial charge < -0.3 is 0 Å². The van der Waals surface area contributed by atoms with Crippen LogP contribution in [-0.4, -0.2) is 5.26 Å². The van der Waals surface area contributed by atoms with Crippen molar-refractivity contribution in [3.63, 3.8) is 0 Å². The summed E-state index contributed by atoms with van der Waals surface area (Å²) in [5, 5.41) is 13.4. The van der Waals surface area contributed by atoms with Gasteiger partial charge in [-0.05, 0) is 5.04 Å². The second kappa shape index (κ2) is 4.70. The standard InChI is InChI=1S/HNO4S/c2-4-5-3-1-6/h2H. The van der Waals surface area contributed by atoms with Gasteiger partial charge in [-0.25, -0.2) is 5.26 Å². The zero-order valence-corrected chi connectivity index (χ0v) is 3.34. The largest absolute Gasteiger partial charge is 0.218 e. The molecule has 0 aromatic heterocycles. The molecule has 0 rings (SSSR count). The molecule has 0 aromatic rings. The summed E-state index contributed by atoms with van der Waals surface area (Å²) in [6.45, 7) is 0. The second-order valence-electron chi connectivity index (χ2n) is 0.292. The van der Waals surface area contributed by atoms with E-state index in [0.717, 1.165) is 0 Å². The molecule has 0 unspecified atom stereocenters. The van der Waals surface area contributed by atoms with Gasteiger partial charge in [-0.3, -0.25) is 0 Å². The fourth-order valence-electron chi connectivity index (χ4n) is 0.0260. The predicted molar refractivity (Wildman–Crippen MR) is 15.7 cm³/mol. The summed E-state index contributed by atoms with van der Waals surface area (Å²) in [6.07, 6.45) is 0. The Hall–Kier alpha value is -0.300. The summed E-state index contributed by atoms with van der Waals surface area (Å²) in [4.78, 5) is 3.45. The van der Waals surface area contributed by atoms with Crippen molar-refractivity contribution < 1.29 is 20.3 Å². The Kier molecular flexibility index (Phi) is 4.46. The molecular formula is HNO4S. The molecule has 0 saturated carbocycles. The fourth-order valence-corrected chi connectivity index (χ4v) is 0.0509. The average molecular weight is 111 g/mol. The van der Waals surface area contributed by atoms with Crippen molar-refractivity contribution in [3.05, 3.63) is 0 Å². The molecule has 0 aliphatic rings. The first kappa shape index (κ1) is 5.70. The Balaban J connectivity index is 2.49. The lowest BCUT2D eigenvalue weighted by Crippen LogP contribution is -1.82. The van der Waals surface area contributed by atoms with E-state index in [2.05, 4.69) is 32.0 Å². The molecule has 0 spiro atoms. The lowest BCUT2D eigenvalue weighted by atomic mass is 13.5. The van der Waals surface area contributed by atoms with Crippen LogP contribution in [0.3, 0.4) is 0 Å². The smallest absolute Gasteiger partial charge is 0.0877 e. The molecule has 36 valence electrons. The highest BCUT2D eigenvalue weighted by Gasteiger charge is 1.72. The summed E-state index contributed by atoms with van der Waals surface area (Å²) < 4.78 is 2.50. The van der Waals surface area contributed by atoms with Gasteiger partial charge in [-0.2, -0.15) is 4.99 Å². The van der Waals surface area contributed by atoms with E-state index < -0.39 is 0 Å². The number of hydrogen-bond donors (Lipinski definition) is 1. The first-order chi connectivity index (χ1) is 2.91. The monoisotopic (exact) mass is 111 g/mol. The van der Waals surface area contributed by atoms with Crippen LogP contribution in [0.25, 0.3) is 0 Å². The van der Waals surface area contributed by atoms with Gasteiger partial charge in [0.1, 0.15) is 0 Å². The summed E-state index contributed by atoms with van der Waals surface area (Å²) in [7, 11) is 0. The molecule has 0 radical (unpaired) electrons. The van der Waals surface area contributed by atoms with Crippen LogP contribution < -0.4 is 0 Å². The Bertz CT molecular complexity index is 36.5. The minimum atomic E-state index is 2.50. The molecule has 5 nitrogen and oxygen atoms in total. The Labute approximate surface area is 38.3 Å². The molecule has 0 atom stereocenters. The maximum absolute atomic E-state index is 7.24. The van der Waals surface area contributed by atoms with Gasteiger partial charge in [0.25, 0.3) is 0 Å². The van der Waals surface area contributed by atoms with Gasteiger partial charge in [-0.1, -0.05) is 0 Å².